The van der Waals surface area contributed by atoms with Crippen molar-refractivity contribution >= 4 is 40.9 Å². The number of aliphatic imine (C=N–C) groups is 1. The smallest absolute Gasteiger partial charge is 0.416 e. The molecule has 51 heavy (non-hydrogen) atoms. The average molecular weight is 719 g/mol. The fourth-order valence-corrected chi connectivity index (χ4v) is 5.83. The number of carbonyl (C=O) groups is 3. The average Bonchev–Trinajstić information content (AvgIpc) is 3.13. The molecule has 272 valence electrons. The van der Waals surface area contributed by atoms with Gasteiger partial charge in [0.25, 0.3) is 0 Å². The molecule has 0 radical (unpaired) electrons. The molecule has 0 saturated carbocycles. The Morgan fingerprint density at radius 1 is 0.882 bits per heavy atom. The van der Waals surface area contributed by atoms with Crippen LogP contribution in [0.1, 0.15) is 23.6 Å². The van der Waals surface area contributed by atoms with Gasteiger partial charge in [-0.25, -0.2) is 19.0 Å². The van der Waals surface area contributed by atoms with Gasteiger partial charge in [-0.15, -0.1) is 0 Å². The molecule has 1 fully saturated rings. The van der Waals surface area contributed by atoms with Crippen LogP contribution in [0.15, 0.2) is 65.7 Å². The summed E-state index contributed by atoms with van der Waals surface area (Å²) in [6.07, 6.45) is -10.5. The zero-order valence-electron chi connectivity index (χ0n) is 27.6. The first-order chi connectivity index (χ1) is 24.3. The molecular formula is C34H34F4N4O9. The third-order valence-electron chi connectivity index (χ3n) is 8.42. The summed E-state index contributed by atoms with van der Waals surface area (Å²) in [5.74, 6) is -4.60. The molecule has 3 aromatic rings. The number of ether oxygens (including phenoxy) is 4. The lowest BCUT2D eigenvalue weighted by molar-refractivity contribution is -0.176. The summed E-state index contributed by atoms with van der Waals surface area (Å²) in [5.41, 5.74) is -0.511. The summed E-state index contributed by atoms with van der Waals surface area (Å²) in [7, 11) is 3.67. The fourth-order valence-electron chi connectivity index (χ4n) is 5.83. The van der Waals surface area contributed by atoms with Gasteiger partial charge in [0, 0.05) is 43.5 Å². The molecular weight excluding hydrogens is 684 g/mol. The van der Waals surface area contributed by atoms with Crippen LogP contribution in [0.2, 0.25) is 0 Å². The number of hydrogen-bond donors (Lipinski definition) is 2. The van der Waals surface area contributed by atoms with E-state index < -0.39 is 60.1 Å². The van der Waals surface area contributed by atoms with E-state index in [-0.39, 0.29) is 41.7 Å². The van der Waals surface area contributed by atoms with Gasteiger partial charge in [-0.05, 0) is 36.4 Å². The lowest BCUT2D eigenvalue weighted by Gasteiger charge is -2.45. The maximum absolute atomic E-state index is 15.5. The summed E-state index contributed by atoms with van der Waals surface area (Å²) in [4.78, 5) is 47.1. The molecule has 3 atom stereocenters. The SMILES string of the molecule is COC(=O)[C@@H](O)[C@H](O)C(=O)OC(=O)C[C@H]1c2cccc(F)c2N=C(N2CCN(c3cccc(OC)c3)CC2)N1c1cc(C(F)(F)F)ccc1OC. The van der Waals surface area contributed by atoms with Crippen molar-refractivity contribution in [3.63, 3.8) is 0 Å². The Morgan fingerprint density at radius 3 is 2.20 bits per heavy atom. The number of alkyl halides is 3. The highest BCUT2D eigenvalue weighted by atomic mass is 19.4. The summed E-state index contributed by atoms with van der Waals surface area (Å²) < 4.78 is 77.6. The summed E-state index contributed by atoms with van der Waals surface area (Å²) >= 11 is 0. The number of para-hydroxylation sites is 1. The van der Waals surface area contributed by atoms with E-state index in [4.69, 9.17) is 14.2 Å². The minimum atomic E-state index is -4.79. The number of piperazine rings is 1. The molecule has 2 N–H and O–H groups in total. The first kappa shape index (κ1) is 36.9. The molecule has 1 saturated heterocycles. The molecule has 13 nitrogen and oxygen atoms in total. The van der Waals surface area contributed by atoms with E-state index in [1.807, 2.05) is 18.2 Å². The van der Waals surface area contributed by atoms with E-state index in [0.29, 0.717) is 18.8 Å². The van der Waals surface area contributed by atoms with Crippen molar-refractivity contribution in [3.8, 4) is 11.5 Å². The van der Waals surface area contributed by atoms with Gasteiger partial charge < -0.3 is 43.9 Å². The molecule has 0 unspecified atom stereocenters. The van der Waals surface area contributed by atoms with Crippen LogP contribution in [-0.4, -0.2) is 98.7 Å². The second-order valence-electron chi connectivity index (χ2n) is 11.4. The van der Waals surface area contributed by atoms with Crippen molar-refractivity contribution in [2.24, 2.45) is 4.99 Å². The van der Waals surface area contributed by atoms with Crippen LogP contribution in [-0.2, 0) is 30.0 Å². The summed E-state index contributed by atoms with van der Waals surface area (Å²) in [6, 6.07) is 12.6. The number of rotatable bonds is 9. The van der Waals surface area contributed by atoms with Gasteiger partial charge in [-0.2, -0.15) is 13.2 Å². The number of esters is 3. The van der Waals surface area contributed by atoms with Crippen LogP contribution in [0, 0.1) is 5.82 Å². The molecule has 2 heterocycles. The van der Waals surface area contributed by atoms with E-state index >= 15 is 4.39 Å². The first-order valence-electron chi connectivity index (χ1n) is 15.5. The normalized spacial score (nSPS) is 17.2. The zero-order chi connectivity index (χ0) is 37.0. The van der Waals surface area contributed by atoms with Crippen molar-refractivity contribution in [3.05, 3.63) is 77.6 Å². The van der Waals surface area contributed by atoms with Crippen LogP contribution in [0.5, 0.6) is 11.5 Å². The minimum absolute atomic E-state index is 0.0132. The molecule has 0 amide bonds. The Balaban J connectivity index is 1.57. The topological polar surface area (TPSA) is 151 Å². The number of carbonyl (C=O) groups excluding carboxylic acids is 3. The molecule has 0 bridgehead atoms. The first-order valence-corrected chi connectivity index (χ1v) is 15.5. The minimum Gasteiger partial charge on any atom is -0.497 e. The van der Waals surface area contributed by atoms with Gasteiger partial charge >= 0.3 is 24.1 Å². The van der Waals surface area contributed by atoms with Crippen LogP contribution < -0.4 is 19.3 Å². The Labute approximate surface area is 289 Å². The molecule has 0 spiro atoms. The number of benzene rings is 3. The number of fused-ring (bicyclic) bond motifs is 1. The second-order valence-corrected chi connectivity index (χ2v) is 11.4. The summed E-state index contributed by atoms with van der Waals surface area (Å²) in [6.45, 7) is 1.33. The lowest BCUT2D eigenvalue weighted by Crippen LogP contribution is -2.55. The molecule has 5 rings (SSSR count). The van der Waals surface area contributed by atoms with E-state index in [0.717, 1.165) is 37.1 Å². The Hall–Kier alpha value is -5.42. The number of halogens is 4. The van der Waals surface area contributed by atoms with E-state index in [1.54, 1.807) is 18.1 Å². The van der Waals surface area contributed by atoms with Gasteiger partial charge in [0.1, 0.15) is 23.0 Å². The number of hydrogen-bond acceptors (Lipinski definition) is 13. The maximum atomic E-state index is 15.5. The van der Waals surface area contributed by atoms with Gasteiger partial charge in [0.05, 0.1) is 45.0 Å². The molecule has 3 aromatic carbocycles. The molecule has 17 heteroatoms. The highest BCUT2D eigenvalue weighted by Gasteiger charge is 2.42. The van der Waals surface area contributed by atoms with E-state index in [2.05, 4.69) is 14.6 Å². The molecule has 0 aromatic heterocycles. The Morgan fingerprint density at radius 2 is 1.55 bits per heavy atom. The second kappa shape index (κ2) is 15.2. The van der Waals surface area contributed by atoms with E-state index in [1.165, 1.54) is 24.1 Å². The number of methoxy groups -OCH3 is 3. The van der Waals surface area contributed by atoms with E-state index in [9.17, 15) is 37.8 Å². The zero-order valence-corrected chi connectivity index (χ0v) is 27.6. The van der Waals surface area contributed by atoms with Crippen LogP contribution in [0.25, 0.3) is 0 Å². The van der Waals surface area contributed by atoms with Crippen LogP contribution in [0.4, 0.5) is 34.6 Å². The standard InChI is InChI=1S/C34H34F4N4O9/c1-48-21-7-4-6-20(17-21)40-12-14-41(15-13-40)33-39-28-22(8-5-9-23(28)35)24(18-27(43)51-32(47)30(45)29(44)31(46)50-3)42(33)25-16-19(34(36,37)38)10-11-26(25)49-2/h4-11,16-17,24,29-30,44-45H,12-15,18H2,1-3H3/t24-,29-,30-/m0/s1. The highest BCUT2D eigenvalue weighted by Crippen LogP contribution is 2.46. The lowest BCUT2D eigenvalue weighted by atomic mass is 9.96. The fraction of sp³-hybridized carbons (Fsp3) is 0.353. The number of aliphatic hydroxyl groups is 2. The van der Waals surface area contributed by atoms with Crippen molar-refractivity contribution in [1.29, 1.82) is 0 Å². The Bertz CT molecular complexity index is 1810. The van der Waals surface area contributed by atoms with Crippen LogP contribution >= 0.6 is 0 Å². The Kier molecular flexibility index (Phi) is 11.0. The van der Waals surface area contributed by atoms with Crippen molar-refractivity contribution in [2.45, 2.75) is 30.8 Å². The number of anilines is 2. The molecule has 2 aliphatic rings. The number of nitrogens with zero attached hydrogens (tertiary/aromatic N) is 4. The van der Waals surface area contributed by atoms with Crippen LogP contribution in [0.3, 0.4) is 0 Å². The third-order valence-corrected chi connectivity index (χ3v) is 8.42. The van der Waals surface area contributed by atoms with Gasteiger partial charge in [-0.3, -0.25) is 4.79 Å². The van der Waals surface area contributed by atoms with Gasteiger partial charge in [0.15, 0.2) is 12.2 Å². The van der Waals surface area contributed by atoms with Crippen molar-refractivity contribution in [2.75, 3.05) is 57.3 Å². The maximum Gasteiger partial charge on any atom is 0.416 e. The highest BCUT2D eigenvalue weighted by molar-refractivity contribution is 6.03. The molecule has 2 aliphatic heterocycles. The predicted octanol–water partition coefficient (Wildman–Crippen LogP) is 3.59. The number of aliphatic hydroxyl groups excluding tert-OH is 2. The molecule has 0 aliphatic carbocycles. The van der Waals surface area contributed by atoms with Gasteiger partial charge in [-0.1, -0.05) is 18.2 Å². The van der Waals surface area contributed by atoms with Gasteiger partial charge in [0.2, 0.25) is 5.96 Å². The largest absolute Gasteiger partial charge is 0.497 e. The van der Waals surface area contributed by atoms with Crippen molar-refractivity contribution < 1.29 is 61.1 Å². The monoisotopic (exact) mass is 718 g/mol. The predicted molar refractivity (Wildman–Crippen MR) is 173 cm³/mol. The number of guanidine groups is 1. The quantitative estimate of drug-likeness (QED) is 0.189. The van der Waals surface area contributed by atoms with Crippen molar-refractivity contribution in [1.82, 2.24) is 4.90 Å². The third kappa shape index (κ3) is 7.83. The summed E-state index contributed by atoms with van der Waals surface area (Å²) in [5, 5.41) is 20.0.